The number of halogens is 1. The van der Waals surface area contributed by atoms with Gasteiger partial charge in [-0.15, -0.1) is 0 Å². The SMILES string of the molecule is CS(=O)(=O)Nc1cc(NC(=O)Cn2c(=O)[nH]c(=O)c3ccccc32)ccc1F. The Balaban J connectivity index is 1.88. The van der Waals surface area contributed by atoms with E-state index in [0.29, 0.717) is 0 Å². The lowest BCUT2D eigenvalue weighted by atomic mass is 10.2. The van der Waals surface area contributed by atoms with E-state index in [1.807, 2.05) is 4.72 Å². The van der Waals surface area contributed by atoms with Crippen LogP contribution in [0.2, 0.25) is 0 Å². The Kier molecular flexibility index (Phi) is 5.01. The summed E-state index contributed by atoms with van der Waals surface area (Å²) in [6.45, 7) is -0.414. The van der Waals surface area contributed by atoms with Gasteiger partial charge >= 0.3 is 5.69 Å². The minimum absolute atomic E-state index is 0.124. The van der Waals surface area contributed by atoms with Gasteiger partial charge in [-0.1, -0.05) is 12.1 Å². The zero-order valence-corrected chi connectivity index (χ0v) is 15.3. The monoisotopic (exact) mass is 406 g/mol. The third-order valence-corrected chi connectivity index (χ3v) is 4.34. The molecule has 3 rings (SSSR count). The van der Waals surface area contributed by atoms with Crippen molar-refractivity contribution in [3.05, 3.63) is 69.1 Å². The lowest BCUT2D eigenvalue weighted by Crippen LogP contribution is -2.34. The number of nitrogens with zero attached hydrogens (tertiary/aromatic N) is 1. The Morgan fingerprint density at radius 2 is 1.89 bits per heavy atom. The summed E-state index contributed by atoms with van der Waals surface area (Å²) in [5.74, 6) is -1.44. The van der Waals surface area contributed by atoms with E-state index in [0.717, 1.165) is 23.0 Å². The number of aromatic amines is 1. The van der Waals surface area contributed by atoms with E-state index in [9.17, 15) is 27.2 Å². The molecule has 0 unspecified atom stereocenters. The molecule has 0 atom stereocenters. The van der Waals surface area contributed by atoms with Gasteiger partial charge in [0.2, 0.25) is 15.9 Å². The molecule has 0 saturated carbocycles. The number of sulfonamides is 1. The number of H-pyrrole nitrogens is 1. The summed E-state index contributed by atoms with van der Waals surface area (Å²) in [4.78, 5) is 38.4. The largest absolute Gasteiger partial charge is 0.329 e. The average Bonchev–Trinajstić information content (AvgIpc) is 2.60. The van der Waals surface area contributed by atoms with E-state index in [4.69, 9.17) is 0 Å². The number of fused-ring (bicyclic) bond motifs is 1. The highest BCUT2D eigenvalue weighted by atomic mass is 32.2. The maximum Gasteiger partial charge on any atom is 0.329 e. The number of hydrogen-bond acceptors (Lipinski definition) is 5. The summed E-state index contributed by atoms with van der Waals surface area (Å²) < 4.78 is 39.4. The number of anilines is 2. The van der Waals surface area contributed by atoms with E-state index in [-0.39, 0.29) is 22.3 Å². The van der Waals surface area contributed by atoms with Gasteiger partial charge in [0.25, 0.3) is 5.56 Å². The van der Waals surface area contributed by atoms with Crippen molar-refractivity contribution in [3.8, 4) is 0 Å². The molecule has 0 radical (unpaired) electrons. The van der Waals surface area contributed by atoms with Gasteiger partial charge in [0.05, 0.1) is 22.8 Å². The fourth-order valence-electron chi connectivity index (χ4n) is 2.62. The predicted octanol–water partition coefficient (Wildman–Crippen LogP) is 0.839. The Labute approximate surface area is 157 Å². The normalized spacial score (nSPS) is 11.4. The molecule has 0 aliphatic rings. The smallest absolute Gasteiger partial charge is 0.324 e. The summed E-state index contributed by atoms with van der Waals surface area (Å²) in [5, 5.41) is 2.70. The molecule has 1 aromatic heterocycles. The molecule has 1 heterocycles. The summed E-state index contributed by atoms with van der Waals surface area (Å²) in [6.07, 6.45) is 0.866. The summed E-state index contributed by atoms with van der Waals surface area (Å²) in [6, 6.07) is 9.65. The Bertz CT molecular complexity index is 1300. The van der Waals surface area contributed by atoms with Crippen molar-refractivity contribution in [2.24, 2.45) is 0 Å². The average molecular weight is 406 g/mol. The van der Waals surface area contributed by atoms with Crippen molar-refractivity contribution < 1.29 is 17.6 Å². The van der Waals surface area contributed by atoms with E-state index >= 15 is 0 Å². The Hall–Kier alpha value is -3.47. The first-order chi connectivity index (χ1) is 13.1. The Morgan fingerprint density at radius 3 is 2.61 bits per heavy atom. The van der Waals surface area contributed by atoms with E-state index < -0.39 is 39.5 Å². The van der Waals surface area contributed by atoms with Crippen molar-refractivity contribution >= 4 is 38.2 Å². The first-order valence-corrected chi connectivity index (χ1v) is 9.82. The number of aromatic nitrogens is 2. The lowest BCUT2D eigenvalue weighted by molar-refractivity contribution is -0.116. The minimum Gasteiger partial charge on any atom is -0.324 e. The molecular formula is C17H15FN4O5S. The molecule has 2 aromatic carbocycles. The molecule has 0 saturated heterocycles. The highest BCUT2D eigenvalue weighted by Crippen LogP contribution is 2.20. The molecule has 3 N–H and O–H groups in total. The fraction of sp³-hybridized carbons (Fsp3) is 0.118. The Morgan fingerprint density at radius 1 is 1.18 bits per heavy atom. The van der Waals surface area contributed by atoms with Gasteiger partial charge in [-0.05, 0) is 30.3 Å². The number of para-hydroxylation sites is 1. The van der Waals surface area contributed by atoms with Crippen LogP contribution in [-0.4, -0.2) is 30.1 Å². The number of benzene rings is 2. The van der Waals surface area contributed by atoms with Crippen LogP contribution in [0.4, 0.5) is 15.8 Å². The van der Waals surface area contributed by atoms with Crippen LogP contribution in [0, 0.1) is 5.82 Å². The molecule has 0 bridgehead atoms. The van der Waals surface area contributed by atoms with Crippen molar-refractivity contribution in [3.63, 3.8) is 0 Å². The van der Waals surface area contributed by atoms with Gasteiger partial charge in [-0.3, -0.25) is 23.9 Å². The van der Waals surface area contributed by atoms with Crippen molar-refractivity contribution in [2.45, 2.75) is 6.54 Å². The number of carbonyl (C=O) groups excluding carboxylic acids is 1. The standard InChI is InChI=1S/C17H15FN4O5S/c1-28(26,27)21-13-8-10(6-7-12(13)18)19-15(23)9-22-14-5-3-2-4-11(14)16(24)20-17(22)25/h2-8,21H,9H2,1H3,(H,19,23)(H,20,24,25). The second-order valence-corrected chi connectivity index (χ2v) is 7.73. The first-order valence-electron chi connectivity index (χ1n) is 7.93. The highest BCUT2D eigenvalue weighted by Gasteiger charge is 2.13. The van der Waals surface area contributed by atoms with Gasteiger partial charge in [-0.25, -0.2) is 17.6 Å². The van der Waals surface area contributed by atoms with Crippen LogP contribution < -0.4 is 21.3 Å². The number of rotatable bonds is 5. The molecule has 3 aromatic rings. The molecule has 146 valence electrons. The van der Waals surface area contributed by atoms with Gasteiger partial charge in [-0.2, -0.15) is 0 Å². The second kappa shape index (κ2) is 7.27. The molecule has 0 spiro atoms. The first kappa shape index (κ1) is 19.3. The van der Waals surface area contributed by atoms with Crippen molar-refractivity contribution in [2.75, 3.05) is 16.3 Å². The van der Waals surface area contributed by atoms with Gasteiger partial charge in [0.15, 0.2) is 0 Å². The van der Waals surface area contributed by atoms with E-state index in [1.165, 1.54) is 18.2 Å². The number of carbonyl (C=O) groups is 1. The summed E-state index contributed by atoms with van der Waals surface area (Å²) in [7, 11) is -3.71. The topological polar surface area (TPSA) is 130 Å². The summed E-state index contributed by atoms with van der Waals surface area (Å²) in [5.41, 5.74) is -1.24. The molecule has 0 aliphatic heterocycles. The molecule has 0 aliphatic carbocycles. The van der Waals surface area contributed by atoms with E-state index in [2.05, 4.69) is 10.3 Å². The predicted molar refractivity (Wildman–Crippen MR) is 102 cm³/mol. The lowest BCUT2D eigenvalue weighted by Gasteiger charge is -2.11. The van der Waals surface area contributed by atoms with Crippen molar-refractivity contribution in [1.82, 2.24) is 9.55 Å². The van der Waals surface area contributed by atoms with Crippen LogP contribution in [0.25, 0.3) is 10.9 Å². The zero-order valence-electron chi connectivity index (χ0n) is 14.5. The van der Waals surface area contributed by atoms with Crippen LogP contribution in [0.3, 0.4) is 0 Å². The number of hydrogen-bond donors (Lipinski definition) is 3. The molecule has 9 nitrogen and oxygen atoms in total. The zero-order chi connectivity index (χ0) is 20.5. The van der Waals surface area contributed by atoms with Crippen molar-refractivity contribution in [1.29, 1.82) is 0 Å². The van der Waals surface area contributed by atoms with Gasteiger partial charge in [0, 0.05) is 5.69 Å². The maximum absolute atomic E-state index is 13.7. The molecule has 1 amide bonds. The third kappa shape index (κ3) is 4.26. The molecule has 28 heavy (non-hydrogen) atoms. The summed E-state index contributed by atoms with van der Waals surface area (Å²) >= 11 is 0. The van der Waals surface area contributed by atoms with Crippen LogP contribution in [-0.2, 0) is 21.4 Å². The molecule has 0 fully saturated rings. The number of nitrogens with one attached hydrogen (secondary N) is 3. The van der Waals surface area contributed by atoms with Crippen LogP contribution in [0.15, 0.2) is 52.1 Å². The van der Waals surface area contributed by atoms with Gasteiger partial charge in [0.1, 0.15) is 12.4 Å². The van der Waals surface area contributed by atoms with Gasteiger partial charge < -0.3 is 5.32 Å². The van der Waals surface area contributed by atoms with Crippen LogP contribution in [0.1, 0.15) is 0 Å². The quantitative estimate of drug-likeness (QED) is 0.578. The third-order valence-electron chi connectivity index (χ3n) is 3.75. The van der Waals surface area contributed by atoms with Crippen LogP contribution in [0.5, 0.6) is 0 Å². The molecular weight excluding hydrogens is 391 g/mol. The minimum atomic E-state index is -3.71. The maximum atomic E-state index is 13.7. The fourth-order valence-corrected chi connectivity index (χ4v) is 3.18. The van der Waals surface area contributed by atoms with E-state index in [1.54, 1.807) is 12.1 Å². The molecule has 11 heteroatoms. The highest BCUT2D eigenvalue weighted by molar-refractivity contribution is 7.92. The number of amides is 1. The van der Waals surface area contributed by atoms with Crippen LogP contribution >= 0.6 is 0 Å². The second-order valence-electron chi connectivity index (χ2n) is 5.98.